The Hall–Kier alpha value is -2.23. The van der Waals surface area contributed by atoms with Crippen molar-refractivity contribution in [2.45, 2.75) is 32.5 Å². The number of hydrogen-bond acceptors (Lipinski definition) is 3. The van der Waals surface area contributed by atoms with E-state index in [2.05, 4.69) is 10.6 Å². The van der Waals surface area contributed by atoms with E-state index in [1.807, 2.05) is 6.92 Å². The Balaban J connectivity index is 2.91. The normalized spacial score (nSPS) is 12.4. The minimum Gasteiger partial charge on any atom is -0.374 e. The molecule has 2 N–H and O–H groups in total. The Morgan fingerprint density at radius 2 is 2.10 bits per heavy atom. The van der Waals surface area contributed by atoms with Crippen LogP contribution in [0, 0.1) is 11.3 Å². The SMILES string of the molecule is CCCNC(=O)C(C)Nc1ccc(C#N)c(C(F)(F)F)c1. The number of carbonyl (C=O) groups excluding carboxylic acids is 1. The maximum absolute atomic E-state index is 12.8. The molecular formula is C14H16F3N3O. The van der Waals surface area contributed by atoms with Crippen molar-refractivity contribution >= 4 is 11.6 Å². The van der Waals surface area contributed by atoms with Crippen LogP contribution in [0.2, 0.25) is 0 Å². The van der Waals surface area contributed by atoms with Crippen molar-refractivity contribution in [1.82, 2.24) is 5.32 Å². The van der Waals surface area contributed by atoms with Crippen molar-refractivity contribution in [3.63, 3.8) is 0 Å². The second-order valence-corrected chi connectivity index (χ2v) is 4.53. The molecule has 7 heteroatoms. The predicted molar refractivity (Wildman–Crippen MR) is 72.5 cm³/mol. The van der Waals surface area contributed by atoms with Gasteiger partial charge in [0.15, 0.2) is 0 Å². The fourth-order valence-corrected chi connectivity index (χ4v) is 1.68. The summed E-state index contributed by atoms with van der Waals surface area (Å²) in [6, 6.07) is 4.10. The highest BCUT2D eigenvalue weighted by atomic mass is 19.4. The van der Waals surface area contributed by atoms with Crippen molar-refractivity contribution < 1.29 is 18.0 Å². The van der Waals surface area contributed by atoms with Gasteiger partial charge in [-0.05, 0) is 31.5 Å². The number of halogens is 3. The molecular weight excluding hydrogens is 283 g/mol. The van der Waals surface area contributed by atoms with E-state index in [1.165, 1.54) is 12.1 Å². The molecule has 1 aromatic rings. The highest BCUT2D eigenvalue weighted by molar-refractivity contribution is 5.84. The van der Waals surface area contributed by atoms with Crippen molar-refractivity contribution in [3.05, 3.63) is 29.3 Å². The van der Waals surface area contributed by atoms with Crippen molar-refractivity contribution in [2.24, 2.45) is 0 Å². The third kappa shape index (κ3) is 4.67. The molecule has 0 heterocycles. The zero-order valence-corrected chi connectivity index (χ0v) is 11.7. The van der Waals surface area contributed by atoms with Crippen LogP contribution in [-0.2, 0) is 11.0 Å². The molecule has 1 unspecified atom stereocenters. The van der Waals surface area contributed by atoms with Crippen LogP contribution in [0.25, 0.3) is 0 Å². The minimum atomic E-state index is -4.61. The summed E-state index contributed by atoms with van der Waals surface area (Å²) in [4.78, 5) is 11.7. The first-order chi connectivity index (χ1) is 9.79. The number of hydrogen-bond donors (Lipinski definition) is 2. The van der Waals surface area contributed by atoms with Gasteiger partial charge >= 0.3 is 6.18 Å². The number of rotatable bonds is 5. The van der Waals surface area contributed by atoms with Crippen LogP contribution >= 0.6 is 0 Å². The molecule has 114 valence electrons. The van der Waals surface area contributed by atoms with E-state index in [9.17, 15) is 18.0 Å². The van der Waals surface area contributed by atoms with Crippen LogP contribution in [0.1, 0.15) is 31.4 Å². The van der Waals surface area contributed by atoms with Gasteiger partial charge in [0, 0.05) is 12.2 Å². The van der Waals surface area contributed by atoms with Crippen molar-refractivity contribution in [1.29, 1.82) is 5.26 Å². The van der Waals surface area contributed by atoms with Gasteiger partial charge < -0.3 is 10.6 Å². The summed E-state index contributed by atoms with van der Waals surface area (Å²) >= 11 is 0. The largest absolute Gasteiger partial charge is 0.417 e. The zero-order valence-electron chi connectivity index (χ0n) is 11.7. The monoisotopic (exact) mass is 299 g/mol. The molecule has 0 fully saturated rings. The van der Waals surface area contributed by atoms with E-state index >= 15 is 0 Å². The van der Waals surface area contributed by atoms with Crippen LogP contribution in [0.15, 0.2) is 18.2 Å². The average Bonchev–Trinajstić information content (AvgIpc) is 2.43. The Morgan fingerprint density at radius 1 is 1.43 bits per heavy atom. The number of amides is 1. The topological polar surface area (TPSA) is 64.9 Å². The maximum Gasteiger partial charge on any atom is 0.417 e. The standard InChI is InChI=1S/C14H16F3N3O/c1-3-6-19-13(21)9(2)20-11-5-4-10(8-18)12(7-11)14(15,16)17/h4-5,7,9,20H,3,6H2,1-2H3,(H,19,21). The summed E-state index contributed by atoms with van der Waals surface area (Å²) in [6.07, 6.45) is -3.84. The van der Waals surface area contributed by atoms with Crippen LogP contribution < -0.4 is 10.6 Å². The molecule has 1 rings (SSSR count). The van der Waals surface area contributed by atoms with Crippen LogP contribution in [0.5, 0.6) is 0 Å². The molecule has 0 saturated heterocycles. The number of nitrogens with zero attached hydrogens (tertiary/aromatic N) is 1. The lowest BCUT2D eigenvalue weighted by Gasteiger charge is -2.17. The highest BCUT2D eigenvalue weighted by Gasteiger charge is 2.34. The van der Waals surface area contributed by atoms with Gasteiger partial charge in [0.05, 0.1) is 17.2 Å². The molecule has 0 bridgehead atoms. The number of carbonyl (C=O) groups is 1. The van der Waals surface area contributed by atoms with E-state index in [4.69, 9.17) is 5.26 Å². The minimum absolute atomic E-state index is 0.139. The van der Waals surface area contributed by atoms with Crippen molar-refractivity contribution in [3.8, 4) is 6.07 Å². The Kier molecular flexibility index (Phi) is 5.59. The van der Waals surface area contributed by atoms with Crippen molar-refractivity contribution in [2.75, 3.05) is 11.9 Å². The van der Waals surface area contributed by atoms with Gasteiger partial charge in [-0.25, -0.2) is 0 Å². The quantitative estimate of drug-likeness (QED) is 0.878. The highest BCUT2D eigenvalue weighted by Crippen LogP contribution is 2.33. The number of nitrogens with one attached hydrogen (secondary N) is 2. The molecule has 0 radical (unpaired) electrons. The van der Waals surface area contributed by atoms with Crippen LogP contribution in [0.4, 0.5) is 18.9 Å². The Morgan fingerprint density at radius 3 is 2.62 bits per heavy atom. The second kappa shape index (κ2) is 6.97. The van der Waals surface area contributed by atoms with Gasteiger partial charge in [-0.1, -0.05) is 6.92 Å². The zero-order chi connectivity index (χ0) is 16.0. The van der Waals surface area contributed by atoms with Crippen LogP contribution in [-0.4, -0.2) is 18.5 Å². The van der Waals surface area contributed by atoms with Gasteiger partial charge in [0.25, 0.3) is 0 Å². The third-order valence-corrected chi connectivity index (χ3v) is 2.77. The van der Waals surface area contributed by atoms with Gasteiger partial charge in [-0.15, -0.1) is 0 Å². The summed E-state index contributed by atoms with van der Waals surface area (Å²) in [6.45, 7) is 3.96. The molecule has 0 aliphatic heterocycles. The van der Waals surface area contributed by atoms with Gasteiger partial charge in [0.2, 0.25) is 5.91 Å². The molecule has 0 aliphatic carbocycles. The average molecular weight is 299 g/mol. The van der Waals surface area contributed by atoms with Crippen LogP contribution in [0.3, 0.4) is 0 Å². The Bertz CT molecular complexity index is 549. The number of nitriles is 1. The number of benzene rings is 1. The molecule has 1 atom stereocenters. The van der Waals surface area contributed by atoms with E-state index in [1.54, 1.807) is 6.92 Å². The molecule has 1 aromatic carbocycles. The second-order valence-electron chi connectivity index (χ2n) is 4.53. The summed E-state index contributed by atoms with van der Waals surface area (Å²) in [5.74, 6) is -0.297. The molecule has 0 aliphatic rings. The van der Waals surface area contributed by atoms with E-state index in [0.29, 0.717) is 6.54 Å². The maximum atomic E-state index is 12.8. The van der Waals surface area contributed by atoms with E-state index in [0.717, 1.165) is 18.6 Å². The van der Waals surface area contributed by atoms with Gasteiger partial charge in [-0.2, -0.15) is 18.4 Å². The fraction of sp³-hybridized carbons (Fsp3) is 0.429. The van der Waals surface area contributed by atoms with E-state index < -0.39 is 23.3 Å². The molecule has 1 amide bonds. The molecule has 4 nitrogen and oxygen atoms in total. The lowest BCUT2D eigenvalue weighted by atomic mass is 10.1. The summed E-state index contributed by atoms with van der Waals surface area (Å²) < 4.78 is 38.5. The fourth-order valence-electron chi connectivity index (χ4n) is 1.68. The summed E-state index contributed by atoms with van der Waals surface area (Å²) in [5.41, 5.74) is -1.33. The predicted octanol–water partition coefficient (Wildman–Crippen LogP) is 2.90. The Labute approximate surface area is 121 Å². The first-order valence-electron chi connectivity index (χ1n) is 6.45. The number of alkyl halides is 3. The summed E-state index contributed by atoms with van der Waals surface area (Å²) in [7, 11) is 0. The molecule has 0 aromatic heterocycles. The first kappa shape index (κ1) is 16.8. The smallest absolute Gasteiger partial charge is 0.374 e. The summed E-state index contributed by atoms with van der Waals surface area (Å²) in [5, 5.41) is 14.0. The molecule has 0 spiro atoms. The number of anilines is 1. The van der Waals surface area contributed by atoms with E-state index in [-0.39, 0.29) is 11.6 Å². The lowest BCUT2D eigenvalue weighted by Crippen LogP contribution is -2.37. The van der Waals surface area contributed by atoms with Gasteiger partial charge in [-0.3, -0.25) is 4.79 Å². The molecule has 21 heavy (non-hydrogen) atoms. The molecule has 0 saturated carbocycles. The lowest BCUT2D eigenvalue weighted by molar-refractivity contribution is -0.137. The third-order valence-electron chi connectivity index (χ3n) is 2.77. The van der Waals surface area contributed by atoms with Gasteiger partial charge in [0.1, 0.15) is 6.04 Å². The first-order valence-corrected chi connectivity index (χ1v) is 6.45.